The first-order valence-electron chi connectivity index (χ1n) is 8.93. The summed E-state index contributed by atoms with van der Waals surface area (Å²) < 4.78 is 5.27. The van der Waals surface area contributed by atoms with Gasteiger partial charge in [0.05, 0.1) is 7.11 Å². The maximum atomic E-state index is 12.7. The molecule has 0 saturated heterocycles. The molecule has 0 amide bonds. The van der Waals surface area contributed by atoms with Gasteiger partial charge in [-0.15, -0.1) is 0 Å². The van der Waals surface area contributed by atoms with E-state index in [4.69, 9.17) is 10.5 Å². The highest BCUT2D eigenvalue weighted by atomic mass is 16.5. The summed E-state index contributed by atoms with van der Waals surface area (Å²) in [6.07, 6.45) is 5.00. The number of nitrogens with two attached hydrogens (primary N) is 1. The molecule has 128 valence electrons. The van der Waals surface area contributed by atoms with Crippen LogP contribution in [0.4, 0.5) is 0 Å². The molecule has 1 aliphatic carbocycles. The fraction of sp³-hybridized carbons (Fsp3) is 0.476. The fourth-order valence-corrected chi connectivity index (χ4v) is 3.68. The zero-order valence-electron chi connectivity index (χ0n) is 14.6. The summed E-state index contributed by atoms with van der Waals surface area (Å²) in [6, 6.07) is 12.7. The van der Waals surface area contributed by atoms with Crippen molar-refractivity contribution in [3.8, 4) is 5.75 Å². The number of carbonyl (C=O) groups excluding carboxylic acids is 1. The van der Waals surface area contributed by atoms with Gasteiger partial charge in [-0.25, -0.2) is 0 Å². The number of Topliss-reactive ketones (excluding diaryl/α,β-unsaturated/α-hetero) is 1. The van der Waals surface area contributed by atoms with Gasteiger partial charge in [-0.1, -0.05) is 31.2 Å². The smallest absolute Gasteiger partial charge is 0.140 e. The van der Waals surface area contributed by atoms with Crippen LogP contribution in [0.25, 0.3) is 10.8 Å². The van der Waals surface area contributed by atoms with Crippen LogP contribution in [0, 0.1) is 5.92 Å². The Balaban J connectivity index is 1.70. The number of hydrogen-bond donors (Lipinski definition) is 1. The molecule has 0 radical (unpaired) electrons. The van der Waals surface area contributed by atoms with Gasteiger partial charge in [-0.3, -0.25) is 4.79 Å². The Labute approximate surface area is 144 Å². The number of hydrogen-bond acceptors (Lipinski definition) is 3. The minimum Gasteiger partial charge on any atom is -0.497 e. The third kappa shape index (κ3) is 3.78. The lowest BCUT2D eigenvalue weighted by atomic mass is 9.81. The third-order valence-electron chi connectivity index (χ3n) is 5.44. The van der Waals surface area contributed by atoms with Crippen LogP contribution in [-0.2, 0) is 4.79 Å². The summed E-state index contributed by atoms with van der Waals surface area (Å²) in [5, 5.41) is 2.29. The molecular formula is C21H27NO2. The van der Waals surface area contributed by atoms with Gasteiger partial charge in [-0.05, 0) is 60.1 Å². The van der Waals surface area contributed by atoms with Gasteiger partial charge in [0.15, 0.2) is 0 Å². The van der Waals surface area contributed by atoms with Crippen molar-refractivity contribution in [2.75, 3.05) is 7.11 Å². The molecule has 1 atom stereocenters. The molecule has 0 aliphatic heterocycles. The average molecular weight is 325 g/mol. The lowest BCUT2D eigenvalue weighted by Gasteiger charge is -2.26. The first-order chi connectivity index (χ1) is 11.6. The van der Waals surface area contributed by atoms with Gasteiger partial charge in [0, 0.05) is 18.4 Å². The van der Waals surface area contributed by atoms with E-state index in [-0.39, 0.29) is 5.92 Å². The summed E-state index contributed by atoms with van der Waals surface area (Å²) in [5.74, 6) is 1.68. The van der Waals surface area contributed by atoms with Crippen LogP contribution in [0.5, 0.6) is 5.75 Å². The van der Waals surface area contributed by atoms with E-state index >= 15 is 0 Å². The quantitative estimate of drug-likeness (QED) is 0.885. The Hall–Kier alpha value is -1.87. The van der Waals surface area contributed by atoms with E-state index < -0.39 is 0 Å². The van der Waals surface area contributed by atoms with Crippen molar-refractivity contribution in [1.29, 1.82) is 0 Å². The molecule has 0 aromatic heterocycles. The Morgan fingerprint density at radius 3 is 2.50 bits per heavy atom. The minimum atomic E-state index is -0.0490. The van der Waals surface area contributed by atoms with E-state index in [1.807, 2.05) is 19.1 Å². The molecule has 1 fully saturated rings. The molecular weight excluding hydrogens is 298 g/mol. The summed E-state index contributed by atoms with van der Waals surface area (Å²) in [7, 11) is 1.68. The zero-order valence-corrected chi connectivity index (χ0v) is 14.6. The van der Waals surface area contributed by atoms with E-state index in [1.54, 1.807) is 7.11 Å². The van der Waals surface area contributed by atoms with Crippen LogP contribution >= 0.6 is 0 Å². The van der Waals surface area contributed by atoms with Crippen molar-refractivity contribution in [3.05, 3.63) is 42.0 Å². The predicted molar refractivity (Wildman–Crippen MR) is 98.5 cm³/mol. The number of ketones is 1. The minimum absolute atomic E-state index is 0.0490. The maximum absolute atomic E-state index is 12.7. The molecule has 24 heavy (non-hydrogen) atoms. The van der Waals surface area contributed by atoms with Crippen LogP contribution in [-0.4, -0.2) is 18.9 Å². The van der Waals surface area contributed by atoms with Crippen molar-refractivity contribution in [1.82, 2.24) is 0 Å². The molecule has 2 N–H and O–H groups in total. The molecule has 3 heteroatoms. The summed E-state index contributed by atoms with van der Waals surface area (Å²) in [4.78, 5) is 12.7. The number of methoxy groups -OCH3 is 1. The molecule has 3 nitrogen and oxygen atoms in total. The van der Waals surface area contributed by atoms with Crippen molar-refractivity contribution < 1.29 is 9.53 Å². The van der Waals surface area contributed by atoms with E-state index in [0.29, 0.717) is 24.2 Å². The Kier molecular flexibility index (Phi) is 5.20. The van der Waals surface area contributed by atoms with E-state index in [2.05, 4.69) is 24.3 Å². The Morgan fingerprint density at radius 1 is 1.12 bits per heavy atom. The van der Waals surface area contributed by atoms with E-state index in [0.717, 1.165) is 47.8 Å². The summed E-state index contributed by atoms with van der Waals surface area (Å²) in [5.41, 5.74) is 7.06. The van der Waals surface area contributed by atoms with Gasteiger partial charge >= 0.3 is 0 Å². The van der Waals surface area contributed by atoms with Gasteiger partial charge in [0.25, 0.3) is 0 Å². The largest absolute Gasteiger partial charge is 0.497 e. The number of rotatable bonds is 5. The molecule has 0 bridgehead atoms. The van der Waals surface area contributed by atoms with Crippen LogP contribution in [0.3, 0.4) is 0 Å². The predicted octanol–water partition coefficient (Wildman–Crippen LogP) is 4.43. The van der Waals surface area contributed by atoms with Crippen molar-refractivity contribution in [2.24, 2.45) is 11.7 Å². The van der Waals surface area contributed by atoms with Gasteiger partial charge in [0.2, 0.25) is 0 Å². The zero-order chi connectivity index (χ0) is 17.1. The SMILES string of the molecule is COc1ccc2cc(C(C)C(=O)CC3CCC(N)CC3)ccc2c1. The standard InChI is InChI=1S/C21H27NO2/c1-14(21(23)11-15-3-8-19(22)9-4-15)16-5-6-18-13-20(24-2)10-7-17(18)12-16/h5-7,10,12-15,19H,3-4,8-9,11,22H2,1-2H3. The topological polar surface area (TPSA) is 52.3 Å². The second-order valence-electron chi connectivity index (χ2n) is 7.15. The fourth-order valence-electron chi connectivity index (χ4n) is 3.68. The second kappa shape index (κ2) is 7.35. The monoisotopic (exact) mass is 325 g/mol. The van der Waals surface area contributed by atoms with Gasteiger partial charge in [0.1, 0.15) is 11.5 Å². The lowest BCUT2D eigenvalue weighted by molar-refractivity contribution is -0.121. The molecule has 2 aromatic carbocycles. The van der Waals surface area contributed by atoms with Crippen LogP contribution in [0.2, 0.25) is 0 Å². The van der Waals surface area contributed by atoms with Crippen molar-refractivity contribution in [3.63, 3.8) is 0 Å². The Bertz CT molecular complexity index is 717. The summed E-state index contributed by atoms with van der Waals surface area (Å²) >= 11 is 0. The van der Waals surface area contributed by atoms with Crippen molar-refractivity contribution in [2.45, 2.75) is 51.0 Å². The number of ether oxygens (including phenoxy) is 1. The highest BCUT2D eigenvalue weighted by molar-refractivity contribution is 5.89. The first-order valence-corrected chi connectivity index (χ1v) is 8.93. The highest BCUT2D eigenvalue weighted by Gasteiger charge is 2.24. The normalized spacial score (nSPS) is 22.3. The molecule has 1 saturated carbocycles. The molecule has 1 aliphatic rings. The van der Waals surface area contributed by atoms with E-state index in [1.165, 1.54) is 0 Å². The summed E-state index contributed by atoms with van der Waals surface area (Å²) in [6.45, 7) is 2.03. The van der Waals surface area contributed by atoms with Gasteiger partial charge in [-0.2, -0.15) is 0 Å². The lowest BCUT2D eigenvalue weighted by Crippen LogP contribution is -2.28. The Morgan fingerprint density at radius 2 is 1.79 bits per heavy atom. The first kappa shape index (κ1) is 17.0. The second-order valence-corrected chi connectivity index (χ2v) is 7.15. The van der Waals surface area contributed by atoms with Crippen LogP contribution in [0.15, 0.2) is 36.4 Å². The van der Waals surface area contributed by atoms with Crippen LogP contribution < -0.4 is 10.5 Å². The molecule has 0 heterocycles. The molecule has 2 aromatic rings. The molecule has 1 unspecified atom stereocenters. The highest BCUT2D eigenvalue weighted by Crippen LogP contribution is 2.30. The number of fused-ring (bicyclic) bond motifs is 1. The third-order valence-corrected chi connectivity index (χ3v) is 5.44. The average Bonchev–Trinajstić information content (AvgIpc) is 2.62. The number of carbonyl (C=O) groups is 1. The molecule has 0 spiro atoms. The van der Waals surface area contributed by atoms with Crippen LogP contribution in [0.1, 0.15) is 50.5 Å². The van der Waals surface area contributed by atoms with Crippen molar-refractivity contribution >= 4 is 16.6 Å². The van der Waals surface area contributed by atoms with Gasteiger partial charge < -0.3 is 10.5 Å². The maximum Gasteiger partial charge on any atom is 0.140 e. The van der Waals surface area contributed by atoms with E-state index in [9.17, 15) is 4.79 Å². The molecule has 3 rings (SSSR count). The number of benzene rings is 2.